The van der Waals surface area contributed by atoms with Crippen LogP contribution in [0.5, 0.6) is 0 Å². The van der Waals surface area contributed by atoms with Gasteiger partial charge in [-0.05, 0) is 85.6 Å². The molecule has 8 aromatic rings. The molecule has 0 bridgehead atoms. The van der Waals surface area contributed by atoms with Gasteiger partial charge in [0.1, 0.15) is 0 Å². The van der Waals surface area contributed by atoms with Crippen molar-refractivity contribution in [1.82, 2.24) is 0 Å². The molecule has 1 heterocycles. The van der Waals surface area contributed by atoms with E-state index in [9.17, 15) is 0 Å². The molecular formula is C41H26S. The molecule has 196 valence electrons. The molecular weight excluding hydrogens is 525 g/mol. The van der Waals surface area contributed by atoms with Gasteiger partial charge in [-0.1, -0.05) is 127 Å². The molecule has 0 saturated heterocycles. The van der Waals surface area contributed by atoms with E-state index in [-0.39, 0.29) is 5.41 Å². The lowest BCUT2D eigenvalue weighted by molar-refractivity contribution is 0.914. The molecule has 0 amide bonds. The molecule has 0 radical (unpaired) electrons. The minimum Gasteiger partial charge on any atom is -0.135 e. The van der Waals surface area contributed by atoms with Crippen molar-refractivity contribution in [3.05, 3.63) is 180 Å². The Morgan fingerprint density at radius 1 is 0.405 bits per heavy atom. The van der Waals surface area contributed by atoms with Crippen LogP contribution in [0.25, 0.3) is 53.2 Å². The van der Waals surface area contributed by atoms with E-state index in [1.54, 1.807) is 0 Å². The maximum Gasteiger partial charge on any atom is 0.0708 e. The van der Waals surface area contributed by atoms with Crippen LogP contribution in [-0.2, 0) is 5.41 Å². The summed E-state index contributed by atoms with van der Waals surface area (Å²) in [4.78, 5) is 0. The molecule has 0 aliphatic heterocycles. The van der Waals surface area contributed by atoms with Crippen molar-refractivity contribution >= 4 is 42.3 Å². The average molecular weight is 551 g/mol. The lowest BCUT2D eigenvalue weighted by atomic mass is 9.82. The Labute approximate surface area is 249 Å². The van der Waals surface area contributed by atoms with Crippen LogP contribution in [-0.4, -0.2) is 0 Å². The second kappa shape index (κ2) is 9.01. The van der Waals surface area contributed by atoms with Crippen molar-refractivity contribution in [2.75, 3.05) is 0 Å². The van der Waals surface area contributed by atoms with E-state index in [0.29, 0.717) is 0 Å². The van der Waals surface area contributed by atoms with Crippen LogP contribution in [0.2, 0.25) is 0 Å². The van der Waals surface area contributed by atoms with Crippen LogP contribution in [0.15, 0.2) is 158 Å². The van der Waals surface area contributed by atoms with Crippen LogP contribution < -0.4 is 0 Å². The molecule has 0 N–H and O–H groups in total. The minimum atomic E-state index is -0.164. The van der Waals surface area contributed by atoms with Gasteiger partial charge in [0.2, 0.25) is 0 Å². The fourth-order valence-electron chi connectivity index (χ4n) is 7.08. The number of hydrogen-bond acceptors (Lipinski definition) is 1. The Hall–Kier alpha value is -4.98. The minimum absolute atomic E-state index is 0.164. The molecule has 0 unspecified atom stereocenters. The highest BCUT2D eigenvalue weighted by atomic mass is 32.1. The van der Waals surface area contributed by atoms with Gasteiger partial charge in [0, 0.05) is 20.2 Å². The Balaban J connectivity index is 1.19. The quantitative estimate of drug-likeness (QED) is 0.204. The molecule has 7 aromatic carbocycles. The lowest BCUT2D eigenvalue weighted by Gasteiger charge is -2.19. The number of rotatable bonds is 4. The first-order valence-corrected chi connectivity index (χ1v) is 15.3. The largest absolute Gasteiger partial charge is 0.135 e. The van der Waals surface area contributed by atoms with Crippen LogP contribution in [0, 0.1) is 0 Å². The van der Waals surface area contributed by atoms with Crippen LogP contribution in [0.4, 0.5) is 0 Å². The molecule has 1 heteroatoms. The molecule has 1 aromatic heterocycles. The number of hydrogen-bond donors (Lipinski definition) is 0. The predicted molar refractivity (Wildman–Crippen MR) is 180 cm³/mol. The summed E-state index contributed by atoms with van der Waals surface area (Å²) in [5.41, 5.74) is 10.3. The summed E-state index contributed by atoms with van der Waals surface area (Å²) < 4.78 is 2.68. The summed E-state index contributed by atoms with van der Waals surface area (Å²) in [5.74, 6) is 0. The van der Waals surface area contributed by atoms with Crippen LogP contribution in [0.3, 0.4) is 0 Å². The normalized spacial score (nSPS) is 13.4. The summed E-state index contributed by atoms with van der Waals surface area (Å²) in [5, 5.41) is 5.28. The average Bonchev–Trinajstić information content (AvgIpc) is 3.61. The lowest BCUT2D eigenvalue weighted by Crippen LogP contribution is -2.12. The molecule has 1 aliphatic carbocycles. The van der Waals surface area contributed by atoms with E-state index in [2.05, 4.69) is 158 Å². The van der Waals surface area contributed by atoms with Gasteiger partial charge < -0.3 is 0 Å². The monoisotopic (exact) mass is 550 g/mol. The summed E-state index contributed by atoms with van der Waals surface area (Å²) >= 11 is 1.89. The van der Waals surface area contributed by atoms with Gasteiger partial charge in [0.05, 0.1) is 5.41 Å². The van der Waals surface area contributed by atoms with Crippen molar-refractivity contribution in [3.8, 4) is 22.3 Å². The molecule has 0 spiro atoms. The van der Waals surface area contributed by atoms with Crippen molar-refractivity contribution in [2.45, 2.75) is 5.41 Å². The standard InChI is InChI=1S/C41H26S/c1-2-16-32(17-3-1)41(36-20-6-7-21-37(36)41)33-18-9-14-28(24-33)27-13-8-15-31(23-27)34-19-10-22-38-40(34)35-25-29-11-4-5-12-30(29)26-39(35)42-38/h1-26H. The van der Waals surface area contributed by atoms with Gasteiger partial charge in [-0.25, -0.2) is 0 Å². The highest BCUT2D eigenvalue weighted by Gasteiger charge is 2.52. The summed E-state index contributed by atoms with van der Waals surface area (Å²) in [6.07, 6.45) is 0. The smallest absolute Gasteiger partial charge is 0.0708 e. The van der Waals surface area contributed by atoms with Gasteiger partial charge in [-0.15, -0.1) is 11.3 Å². The SMILES string of the molecule is c1ccc(C2(c3cccc(-c4cccc(-c5cccc6sc7cc8ccccc8cc7c56)c4)c3)c3ccccc32)cc1. The molecule has 9 rings (SSSR count). The predicted octanol–water partition coefficient (Wildman–Crippen LogP) is 11.2. The first kappa shape index (κ1) is 23.7. The summed E-state index contributed by atoms with van der Waals surface area (Å²) in [7, 11) is 0. The Bertz CT molecular complexity index is 2280. The molecule has 0 nitrogen and oxygen atoms in total. The van der Waals surface area contributed by atoms with Crippen LogP contribution >= 0.6 is 11.3 Å². The third kappa shape index (κ3) is 3.41. The summed E-state index contributed by atoms with van der Waals surface area (Å²) in [6, 6.07) is 58.2. The number of thiophene rings is 1. The van der Waals surface area contributed by atoms with E-state index in [0.717, 1.165) is 0 Å². The second-order valence-electron chi connectivity index (χ2n) is 11.3. The molecule has 0 fully saturated rings. The fraction of sp³-hybridized carbons (Fsp3) is 0.0244. The molecule has 0 saturated carbocycles. The highest BCUT2D eigenvalue weighted by Crippen LogP contribution is 2.59. The van der Waals surface area contributed by atoms with Gasteiger partial charge in [-0.3, -0.25) is 0 Å². The zero-order valence-electron chi connectivity index (χ0n) is 22.9. The zero-order valence-corrected chi connectivity index (χ0v) is 23.7. The summed E-state index contributed by atoms with van der Waals surface area (Å²) in [6.45, 7) is 0. The van der Waals surface area contributed by atoms with Crippen molar-refractivity contribution < 1.29 is 0 Å². The second-order valence-corrected chi connectivity index (χ2v) is 12.4. The maximum atomic E-state index is 2.40. The van der Waals surface area contributed by atoms with Gasteiger partial charge in [0.25, 0.3) is 0 Å². The first-order chi connectivity index (χ1) is 20.8. The molecule has 0 atom stereocenters. The molecule has 42 heavy (non-hydrogen) atoms. The fourth-order valence-corrected chi connectivity index (χ4v) is 8.24. The third-order valence-electron chi connectivity index (χ3n) is 9.05. The van der Waals surface area contributed by atoms with E-state index < -0.39 is 0 Å². The van der Waals surface area contributed by atoms with Gasteiger partial charge >= 0.3 is 0 Å². The van der Waals surface area contributed by atoms with E-state index in [1.165, 1.54) is 75.5 Å². The molecule has 1 aliphatic rings. The number of fused-ring (bicyclic) bond motifs is 5. The third-order valence-corrected chi connectivity index (χ3v) is 10.2. The Morgan fingerprint density at radius 3 is 1.83 bits per heavy atom. The zero-order chi connectivity index (χ0) is 27.7. The van der Waals surface area contributed by atoms with Crippen molar-refractivity contribution in [2.24, 2.45) is 0 Å². The van der Waals surface area contributed by atoms with Gasteiger partial charge in [0.15, 0.2) is 0 Å². The maximum absolute atomic E-state index is 2.40. The van der Waals surface area contributed by atoms with Crippen LogP contribution in [0.1, 0.15) is 22.3 Å². The first-order valence-electron chi connectivity index (χ1n) is 14.5. The number of benzene rings is 7. The van der Waals surface area contributed by atoms with Gasteiger partial charge in [-0.2, -0.15) is 0 Å². The van der Waals surface area contributed by atoms with E-state index >= 15 is 0 Å². The Morgan fingerprint density at radius 2 is 1.02 bits per heavy atom. The topological polar surface area (TPSA) is 0 Å². The van der Waals surface area contributed by atoms with Crippen molar-refractivity contribution in [1.29, 1.82) is 0 Å². The Kier molecular flexibility index (Phi) is 5.08. The highest BCUT2D eigenvalue weighted by molar-refractivity contribution is 7.26. The van der Waals surface area contributed by atoms with E-state index in [4.69, 9.17) is 0 Å². The van der Waals surface area contributed by atoms with Crippen molar-refractivity contribution in [3.63, 3.8) is 0 Å². The van der Waals surface area contributed by atoms with E-state index in [1.807, 2.05) is 11.3 Å².